The summed E-state index contributed by atoms with van der Waals surface area (Å²) in [4.78, 5) is 28.2. The second kappa shape index (κ2) is 10.8. The minimum Gasteiger partial charge on any atom is -0.489 e. The first-order valence-electron chi connectivity index (χ1n) is 12.2. The van der Waals surface area contributed by atoms with Gasteiger partial charge in [0.05, 0.1) is 23.4 Å². The number of ether oxygens (including phenoxy) is 1. The number of nitrogens with one attached hydrogen (secondary N) is 2. The molecule has 1 aliphatic carbocycles. The Bertz CT molecular complexity index is 1100. The fourth-order valence-corrected chi connectivity index (χ4v) is 4.69. The van der Waals surface area contributed by atoms with Crippen molar-refractivity contribution in [2.24, 2.45) is 5.10 Å². The minimum atomic E-state index is -0.598. The molecule has 2 heterocycles. The Balaban J connectivity index is 1.25. The van der Waals surface area contributed by atoms with Crippen LogP contribution in [0.5, 0.6) is 5.75 Å². The van der Waals surface area contributed by atoms with Gasteiger partial charge in [0.15, 0.2) is 0 Å². The highest BCUT2D eigenvalue weighted by atomic mass is 35.5. The van der Waals surface area contributed by atoms with E-state index in [1.54, 1.807) is 35.6 Å². The molecule has 5 rings (SSSR count). The highest BCUT2D eigenvalue weighted by molar-refractivity contribution is 6.42. The molecule has 3 aliphatic rings. The quantitative estimate of drug-likeness (QED) is 0.389. The van der Waals surface area contributed by atoms with E-state index >= 15 is 0 Å². The van der Waals surface area contributed by atoms with Crippen molar-refractivity contribution in [3.8, 4) is 5.75 Å². The molecule has 1 unspecified atom stereocenters. The molecule has 0 radical (unpaired) electrons. The number of likely N-dealkylation sites (tertiary alicyclic amines) is 1. The van der Waals surface area contributed by atoms with Crippen molar-refractivity contribution in [1.29, 1.82) is 0 Å². The van der Waals surface area contributed by atoms with E-state index in [4.69, 9.17) is 16.3 Å². The number of ketones is 1. The van der Waals surface area contributed by atoms with Gasteiger partial charge in [-0.25, -0.2) is 5.43 Å². The van der Waals surface area contributed by atoms with Gasteiger partial charge in [-0.2, -0.15) is 10.2 Å². The van der Waals surface area contributed by atoms with Gasteiger partial charge in [-0.15, -0.1) is 0 Å². The zero-order valence-corrected chi connectivity index (χ0v) is 20.3. The lowest BCUT2D eigenvalue weighted by atomic mass is 10.0. The van der Waals surface area contributed by atoms with Gasteiger partial charge in [-0.3, -0.25) is 9.59 Å². The molecule has 0 aromatic heterocycles. The minimum absolute atomic E-state index is 0.210. The number of hydrazone groups is 1. The normalized spacial score (nSPS) is 18.6. The number of anilines is 1. The molecule has 1 amide bonds. The molecule has 1 saturated heterocycles. The molecule has 1 atom stereocenters. The van der Waals surface area contributed by atoms with E-state index in [0.717, 1.165) is 50.0 Å². The summed E-state index contributed by atoms with van der Waals surface area (Å²) in [5.41, 5.74) is 5.22. The summed E-state index contributed by atoms with van der Waals surface area (Å²) in [5, 5.41) is 9.38. The molecule has 8 nitrogen and oxygen atoms in total. The molecule has 0 spiro atoms. The highest BCUT2D eigenvalue weighted by Crippen LogP contribution is 2.32. The summed E-state index contributed by atoms with van der Waals surface area (Å²) in [5.74, 6) is -0.447. The van der Waals surface area contributed by atoms with Gasteiger partial charge in [0.1, 0.15) is 5.75 Å². The number of hydrogen-bond donors (Lipinski definition) is 2. The zero-order valence-electron chi connectivity index (χ0n) is 19.6. The van der Waals surface area contributed by atoms with Crippen LogP contribution in [0.3, 0.4) is 0 Å². The second-order valence-electron chi connectivity index (χ2n) is 9.31. The third-order valence-corrected chi connectivity index (χ3v) is 6.71. The molecule has 2 aliphatic heterocycles. The number of halogens is 1. The van der Waals surface area contributed by atoms with Crippen LogP contribution in [0.15, 0.2) is 47.6 Å². The maximum Gasteiger partial charge on any atom is 0.292 e. The van der Waals surface area contributed by atoms with E-state index in [-0.39, 0.29) is 12.1 Å². The molecule has 35 heavy (non-hydrogen) atoms. The number of carbonyl (C=O) groups is 2. The predicted octanol–water partition coefficient (Wildman–Crippen LogP) is 3.20. The predicted molar refractivity (Wildman–Crippen MR) is 136 cm³/mol. The lowest BCUT2D eigenvalue weighted by Crippen LogP contribution is -2.46. The van der Waals surface area contributed by atoms with Crippen molar-refractivity contribution in [2.75, 3.05) is 31.3 Å². The monoisotopic (exact) mass is 495 g/mol. The van der Waals surface area contributed by atoms with Gasteiger partial charge in [0.2, 0.25) is 5.78 Å². The number of nitrogens with zero attached hydrogens (tertiary/aromatic N) is 3. The Kier molecular flexibility index (Phi) is 7.32. The van der Waals surface area contributed by atoms with Gasteiger partial charge in [-0.1, -0.05) is 17.7 Å². The van der Waals surface area contributed by atoms with Gasteiger partial charge < -0.3 is 15.0 Å². The number of carbonyl (C=O) groups excluding carboxylic acids is 2. The Hall–Kier alpha value is -2.94. The fraction of sp³-hybridized carbons (Fsp3) is 0.423. The molecule has 2 fully saturated rings. The molecular weight excluding hydrogens is 466 g/mol. The van der Waals surface area contributed by atoms with Crippen LogP contribution in [0, 0.1) is 0 Å². The molecule has 9 heteroatoms. The van der Waals surface area contributed by atoms with Crippen molar-refractivity contribution in [1.82, 2.24) is 15.6 Å². The lowest BCUT2D eigenvalue weighted by molar-refractivity contribution is -0.117. The summed E-state index contributed by atoms with van der Waals surface area (Å²) in [6.07, 6.45) is 7.07. The third kappa shape index (κ3) is 6.20. The molecule has 184 valence electrons. The largest absolute Gasteiger partial charge is 0.489 e. The Labute approximate surface area is 210 Å². The van der Waals surface area contributed by atoms with Crippen molar-refractivity contribution >= 4 is 35.2 Å². The molecule has 1 saturated carbocycles. The molecular formula is C26H30ClN5O3. The maximum absolute atomic E-state index is 12.9. The average molecular weight is 496 g/mol. The second-order valence-corrected chi connectivity index (χ2v) is 9.72. The first-order valence-corrected chi connectivity index (χ1v) is 12.6. The van der Waals surface area contributed by atoms with Crippen LogP contribution in [0.25, 0.3) is 0 Å². The van der Waals surface area contributed by atoms with E-state index < -0.39 is 11.7 Å². The Morgan fingerprint density at radius 3 is 2.57 bits per heavy atom. The summed E-state index contributed by atoms with van der Waals surface area (Å²) in [6.45, 7) is 3.35. The van der Waals surface area contributed by atoms with Crippen LogP contribution in [0.2, 0.25) is 5.02 Å². The van der Waals surface area contributed by atoms with Crippen LogP contribution in [-0.2, 0) is 11.2 Å². The first kappa shape index (κ1) is 23.8. The number of hydrazine groups is 1. The maximum atomic E-state index is 12.9. The van der Waals surface area contributed by atoms with Gasteiger partial charge in [-0.05, 0) is 87.2 Å². The van der Waals surface area contributed by atoms with Crippen molar-refractivity contribution in [3.63, 3.8) is 0 Å². The standard InChI is InChI=1S/C26H30ClN5O3/c27-23-16-18(3-10-24(23)35-22-8-9-22)15-20(17-31-13-1-2-14-31)30-26(34)25(33)19-4-6-21(7-5-19)32-28-11-12-29-32/h3-7,10-11,16,20,22,29H,1-2,8-9,12-15,17H2,(H,30,34). The van der Waals surface area contributed by atoms with Gasteiger partial charge in [0.25, 0.3) is 5.91 Å². The Morgan fingerprint density at radius 1 is 1.14 bits per heavy atom. The van der Waals surface area contributed by atoms with E-state index in [9.17, 15) is 9.59 Å². The number of Topliss-reactive ketones (excluding diaryl/α,β-unsaturated/α-hetero) is 1. The smallest absolute Gasteiger partial charge is 0.292 e. The van der Waals surface area contributed by atoms with Crippen LogP contribution >= 0.6 is 11.6 Å². The molecule has 2 aromatic carbocycles. The van der Waals surface area contributed by atoms with Crippen molar-refractivity contribution in [2.45, 2.75) is 44.2 Å². The van der Waals surface area contributed by atoms with Crippen LogP contribution in [0.1, 0.15) is 41.6 Å². The van der Waals surface area contributed by atoms with E-state index in [1.807, 2.05) is 18.2 Å². The van der Waals surface area contributed by atoms with Crippen molar-refractivity contribution in [3.05, 3.63) is 58.6 Å². The molecule has 2 N–H and O–H groups in total. The van der Waals surface area contributed by atoms with Gasteiger partial charge in [0, 0.05) is 24.4 Å². The average Bonchev–Trinajstić information content (AvgIpc) is 3.28. The third-order valence-electron chi connectivity index (χ3n) is 6.42. The SMILES string of the molecule is O=C(NC(Cc1ccc(OC2CC2)c(Cl)c1)CN1CCCC1)C(=O)c1ccc(N2N=CCN2)cc1. The van der Waals surface area contributed by atoms with E-state index in [1.165, 1.54) is 0 Å². The fourth-order valence-electron chi connectivity index (χ4n) is 4.44. The number of benzene rings is 2. The lowest BCUT2D eigenvalue weighted by Gasteiger charge is -2.24. The highest BCUT2D eigenvalue weighted by Gasteiger charge is 2.26. The van der Waals surface area contributed by atoms with Crippen molar-refractivity contribution < 1.29 is 14.3 Å². The van der Waals surface area contributed by atoms with E-state index in [2.05, 4.69) is 20.7 Å². The summed E-state index contributed by atoms with van der Waals surface area (Å²) in [6, 6.07) is 12.4. The number of rotatable bonds is 10. The summed E-state index contributed by atoms with van der Waals surface area (Å²) >= 11 is 6.46. The van der Waals surface area contributed by atoms with Crippen LogP contribution in [-0.4, -0.2) is 61.1 Å². The van der Waals surface area contributed by atoms with Gasteiger partial charge >= 0.3 is 0 Å². The summed E-state index contributed by atoms with van der Waals surface area (Å²) < 4.78 is 5.84. The van der Waals surface area contributed by atoms with E-state index in [0.29, 0.717) is 35.8 Å². The van der Waals surface area contributed by atoms with Crippen LogP contribution in [0.4, 0.5) is 5.69 Å². The summed E-state index contributed by atoms with van der Waals surface area (Å²) in [7, 11) is 0. The number of amides is 1. The van der Waals surface area contributed by atoms with Crippen LogP contribution < -0.4 is 20.6 Å². The molecule has 0 bridgehead atoms. The first-order chi connectivity index (χ1) is 17.0. The topological polar surface area (TPSA) is 86.3 Å². The Morgan fingerprint density at radius 2 is 1.91 bits per heavy atom. The zero-order chi connectivity index (χ0) is 24.2. The number of hydrogen-bond acceptors (Lipinski definition) is 7. The molecule has 2 aromatic rings.